The molecular formula is C51H36. The molecule has 0 radical (unpaired) electrons. The van der Waals surface area contributed by atoms with Gasteiger partial charge in [-0.1, -0.05) is 206 Å². The Morgan fingerprint density at radius 2 is 0.902 bits per heavy atom. The molecule has 9 aromatic rings. The zero-order valence-corrected chi connectivity index (χ0v) is 28.3. The second-order valence-electron chi connectivity index (χ2n) is 13.2. The van der Waals surface area contributed by atoms with Crippen LogP contribution < -0.4 is 0 Å². The Bertz CT molecular complexity index is 2670. The van der Waals surface area contributed by atoms with Crippen LogP contribution in [0.1, 0.15) is 11.1 Å². The van der Waals surface area contributed by atoms with Gasteiger partial charge in [0.2, 0.25) is 0 Å². The Balaban J connectivity index is 1.09. The molecule has 0 unspecified atom stereocenters. The molecule has 0 aliphatic rings. The summed E-state index contributed by atoms with van der Waals surface area (Å²) in [7, 11) is 0. The van der Waals surface area contributed by atoms with E-state index in [1.54, 1.807) is 0 Å². The van der Waals surface area contributed by atoms with E-state index in [1.807, 2.05) is 0 Å². The third-order valence-electron chi connectivity index (χ3n) is 10.1. The second-order valence-corrected chi connectivity index (χ2v) is 13.2. The van der Waals surface area contributed by atoms with Gasteiger partial charge in [-0.3, -0.25) is 0 Å². The molecule has 0 N–H and O–H groups in total. The highest BCUT2D eigenvalue weighted by Gasteiger charge is 2.18. The summed E-state index contributed by atoms with van der Waals surface area (Å²) in [4.78, 5) is 0. The molecule has 0 atom stereocenters. The molecule has 9 aromatic carbocycles. The van der Waals surface area contributed by atoms with E-state index in [0.29, 0.717) is 0 Å². The summed E-state index contributed by atoms with van der Waals surface area (Å²) >= 11 is 0. The summed E-state index contributed by atoms with van der Waals surface area (Å²) in [6.45, 7) is 0. The molecular weight excluding hydrogens is 613 g/mol. The molecule has 0 saturated carbocycles. The van der Waals surface area contributed by atoms with Crippen LogP contribution in [0, 0.1) is 0 Å². The molecule has 0 saturated heterocycles. The predicted octanol–water partition coefficient (Wildman–Crippen LogP) is 14.1. The van der Waals surface area contributed by atoms with Crippen LogP contribution in [0.5, 0.6) is 0 Å². The Labute approximate surface area is 299 Å². The Morgan fingerprint density at radius 1 is 0.353 bits per heavy atom. The lowest BCUT2D eigenvalue weighted by molar-refractivity contribution is 1.28. The van der Waals surface area contributed by atoms with Gasteiger partial charge in [-0.25, -0.2) is 0 Å². The average molecular weight is 649 g/mol. The van der Waals surface area contributed by atoms with Crippen molar-refractivity contribution in [2.24, 2.45) is 0 Å². The molecule has 0 bridgehead atoms. The number of allylic oxidation sites excluding steroid dienone is 1. The van der Waals surface area contributed by atoms with Crippen molar-refractivity contribution in [2.75, 3.05) is 0 Å². The van der Waals surface area contributed by atoms with Crippen LogP contribution >= 0.6 is 0 Å². The van der Waals surface area contributed by atoms with Gasteiger partial charge in [0.25, 0.3) is 0 Å². The van der Waals surface area contributed by atoms with E-state index in [1.165, 1.54) is 88.0 Å². The normalized spacial score (nSPS) is 11.5. The summed E-state index contributed by atoms with van der Waals surface area (Å²) in [5.41, 5.74) is 12.6. The fourth-order valence-electron chi connectivity index (χ4n) is 7.70. The van der Waals surface area contributed by atoms with Crippen molar-refractivity contribution < 1.29 is 0 Å². The van der Waals surface area contributed by atoms with Crippen molar-refractivity contribution >= 4 is 38.4 Å². The first-order valence-corrected chi connectivity index (χ1v) is 17.7. The number of hydrogen-bond donors (Lipinski definition) is 0. The van der Waals surface area contributed by atoms with Crippen LogP contribution in [0.2, 0.25) is 0 Å². The van der Waals surface area contributed by atoms with Gasteiger partial charge < -0.3 is 0 Å². The number of hydrogen-bond acceptors (Lipinski definition) is 0. The first-order chi connectivity index (χ1) is 25.3. The summed E-state index contributed by atoms with van der Waals surface area (Å²) in [5.74, 6) is 0. The maximum atomic E-state index is 2.35. The fourth-order valence-corrected chi connectivity index (χ4v) is 7.70. The monoisotopic (exact) mass is 648 g/mol. The third-order valence-corrected chi connectivity index (χ3v) is 10.1. The van der Waals surface area contributed by atoms with Gasteiger partial charge in [0.1, 0.15) is 0 Å². The van der Waals surface area contributed by atoms with Crippen molar-refractivity contribution in [2.45, 2.75) is 6.42 Å². The lowest BCUT2D eigenvalue weighted by atomic mass is 9.84. The van der Waals surface area contributed by atoms with Crippen molar-refractivity contribution in [1.82, 2.24) is 0 Å². The van der Waals surface area contributed by atoms with Crippen molar-refractivity contribution in [3.63, 3.8) is 0 Å². The van der Waals surface area contributed by atoms with Gasteiger partial charge in [0.05, 0.1) is 0 Å². The maximum Gasteiger partial charge on any atom is -0.00141 e. The highest BCUT2D eigenvalue weighted by molar-refractivity contribution is 6.27. The molecule has 0 amide bonds. The van der Waals surface area contributed by atoms with Crippen molar-refractivity contribution in [3.05, 3.63) is 211 Å². The van der Waals surface area contributed by atoms with Gasteiger partial charge in [-0.2, -0.15) is 0 Å². The summed E-state index contributed by atoms with van der Waals surface area (Å²) in [6.07, 6.45) is 5.39. The van der Waals surface area contributed by atoms with E-state index >= 15 is 0 Å². The first-order valence-electron chi connectivity index (χ1n) is 17.7. The molecule has 0 aliphatic heterocycles. The lowest BCUT2D eigenvalue weighted by Gasteiger charge is -2.19. The van der Waals surface area contributed by atoms with Crippen LogP contribution in [-0.2, 0) is 6.42 Å². The highest BCUT2D eigenvalue weighted by atomic mass is 14.2. The van der Waals surface area contributed by atoms with Gasteiger partial charge in [0, 0.05) is 0 Å². The molecule has 0 aromatic heterocycles. The summed E-state index contributed by atoms with van der Waals surface area (Å²) in [6, 6.07) is 70.5. The van der Waals surface area contributed by atoms with Crippen LogP contribution in [0.4, 0.5) is 0 Å². The topological polar surface area (TPSA) is 0 Å². The van der Waals surface area contributed by atoms with Gasteiger partial charge in [0.15, 0.2) is 0 Å². The Kier molecular flexibility index (Phi) is 8.04. The second kappa shape index (κ2) is 13.4. The van der Waals surface area contributed by atoms with Gasteiger partial charge in [-0.15, -0.1) is 0 Å². The van der Waals surface area contributed by atoms with E-state index < -0.39 is 0 Å². The maximum absolute atomic E-state index is 2.35. The van der Waals surface area contributed by atoms with E-state index in [4.69, 9.17) is 0 Å². The lowest BCUT2D eigenvalue weighted by Crippen LogP contribution is -1.92. The predicted molar refractivity (Wildman–Crippen MR) is 220 cm³/mol. The van der Waals surface area contributed by atoms with Crippen LogP contribution in [0.15, 0.2) is 200 Å². The zero-order chi connectivity index (χ0) is 34.0. The zero-order valence-electron chi connectivity index (χ0n) is 28.3. The number of rotatable bonds is 7. The van der Waals surface area contributed by atoms with E-state index in [2.05, 4.69) is 206 Å². The van der Waals surface area contributed by atoms with Crippen molar-refractivity contribution in [1.29, 1.82) is 0 Å². The minimum Gasteiger partial charge on any atom is -0.0795 e. The number of benzene rings is 9. The molecule has 240 valence electrons. The summed E-state index contributed by atoms with van der Waals surface area (Å²) < 4.78 is 0. The van der Waals surface area contributed by atoms with Crippen LogP contribution in [0.25, 0.3) is 82.9 Å². The standard InChI is InChI=1S/C51H36/c1-4-17-38(18-5-1)43-33-29-37(35-48(43)39-19-6-2-7-20-39)16-14-15-36-27-30-42(31-28-36)49-45-25-12-13-26-46(45)50(41-22-8-3-9-23-41)51-44-24-11-10-21-40(44)32-34-47(49)51/h1-15,17-35H,16H2/b15-14+. The van der Waals surface area contributed by atoms with E-state index in [9.17, 15) is 0 Å². The molecule has 0 aliphatic carbocycles. The van der Waals surface area contributed by atoms with Crippen LogP contribution in [-0.4, -0.2) is 0 Å². The SMILES string of the molecule is C(=C\c1ccc(-c2c3ccccc3c(-c3ccccc3)c3c2ccc2ccccc23)cc1)/Cc1ccc(-c2ccccc2)c(-c2ccccc2)c1. The molecule has 0 nitrogen and oxygen atoms in total. The minimum atomic E-state index is 0.861. The van der Waals surface area contributed by atoms with Gasteiger partial charge in [-0.05, 0) is 94.4 Å². The molecule has 0 fully saturated rings. The quantitative estimate of drug-likeness (QED) is 0.119. The number of fused-ring (bicyclic) bond motifs is 4. The Morgan fingerprint density at radius 3 is 1.59 bits per heavy atom. The van der Waals surface area contributed by atoms with Gasteiger partial charge >= 0.3 is 0 Å². The molecule has 0 heterocycles. The largest absolute Gasteiger partial charge is 0.0795 e. The highest BCUT2D eigenvalue weighted by Crippen LogP contribution is 2.46. The van der Waals surface area contributed by atoms with E-state index in [0.717, 1.165) is 6.42 Å². The molecule has 0 heteroatoms. The first kappa shape index (κ1) is 30.6. The molecule has 9 rings (SSSR count). The Hall–Kier alpha value is -6.50. The average Bonchev–Trinajstić information content (AvgIpc) is 3.21. The molecule has 0 spiro atoms. The van der Waals surface area contributed by atoms with E-state index in [-0.39, 0.29) is 0 Å². The minimum absolute atomic E-state index is 0.861. The third kappa shape index (κ3) is 5.82. The smallest absolute Gasteiger partial charge is 0.00141 e. The van der Waals surface area contributed by atoms with Crippen molar-refractivity contribution in [3.8, 4) is 44.5 Å². The van der Waals surface area contributed by atoms with Crippen LogP contribution in [0.3, 0.4) is 0 Å². The summed E-state index contributed by atoms with van der Waals surface area (Å²) in [5, 5.41) is 7.69. The fraction of sp³-hybridized carbons (Fsp3) is 0.0196. The molecule has 51 heavy (non-hydrogen) atoms.